The lowest BCUT2D eigenvalue weighted by Crippen LogP contribution is -2.35. The summed E-state index contributed by atoms with van der Waals surface area (Å²) in [7, 11) is 4.15. The Morgan fingerprint density at radius 2 is 0.614 bits per heavy atom. The van der Waals surface area contributed by atoms with Gasteiger partial charge >= 0.3 is 11.9 Å². The van der Waals surface area contributed by atoms with Crippen molar-refractivity contribution in [1.29, 1.82) is 0 Å². The minimum absolute atomic E-state index is 0.0177. The van der Waals surface area contributed by atoms with Crippen LogP contribution in [0.25, 0.3) is 0 Å². The summed E-state index contributed by atoms with van der Waals surface area (Å²) in [5.74, 6) is 1.35. The lowest BCUT2D eigenvalue weighted by atomic mass is 9.95. The van der Waals surface area contributed by atoms with Crippen molar-refractivity contribution in [3.63, 3.8) is 0 Å². The average Bonchev–Trinajstić information content (AvgIpc) is 3.34. The molecular formula is C63H124N2O5. The Balaban J connectivity index is 4.24. The number of nitrogens with zero attached hydrogens (tertiary/aromatic N) is 1. The molecule has 0 saturated heterocycles. The second-order valence-corrected chi connectivity index (χ2v) is 22.5. The minimum Gasteiger partial charge on any atom is -0.465 e. The van der Waals surface area contributed by atoms with Crippen LogP contribution in [0, 0.1) is 11.8 Å². The fourth-order valence-corrected chi connectivity index (χ4v) is 10.3. The van der Waals surface area contributed by atoms with E-state index in [0.717, 1.165) is 51.5 Å². The summed E-state index contributed by atoms with van der Waals surface area (Å²) in [4.78, 5) is 40.2. The fraction of sp³-hybridized carbons (Fsp3) is 0.952. The molecule has 0 bridgehead atoms. The number of esters is 2. The molecule has 0 rings (SSSR count). The van der Waals surface area contributed by atoms with E-state index in [1.807, 2.05) is 0 Å². The van der Waals surface area contributed by atoms with Crippen LogP contribution in [0.3, 0.4) is 0 Å². The van der Waals surface area contributed by atoms with Gasteiger partial charge in [0.15, 0.2) is 0 Å². The molecule has 0 saturated carbocycles. The summed E-state index contributed by atoms with van der Waals surface area (Å²) in [6, 6.07) is 0.305. The van der Waals surface area contributed by atoms with E-state index in [1.54, 1.807) is 0 Å². The normalized spacial score (nSPS) is 12.9. The molecule has 1 N–H and O–H groups in total. The Bertz CT molecular complexity index is 1030. The standard InChI is InChI=1S/C63H124N2O5/c1-7-11-15-19-31-39-48-58(46-37-17-13-9-3)56-69-62(67)53-43-35-29-25-21-23-27-33-41-50-60(64-61(66)52-45-55-65(5)6)51-42-34-28-24-22-26-30-36-44-54-63(68)70-57-59(47-38-18-14-10-4)49-40-32-20-16-12-8-2/h58-60H,7-57H2,1-6H3,(H,64,66). The SMILES string of the molecule is CCCCCCCCC(CCCCCC)COC(=O)CCCCCCCCCCCC(CCCCCCCCCCCC(=O)OCC(CCCCCC)CCCCCCCC)NC(=O)CCCN(C)C. The summed E-state index contributed by atoms with van der Waals surface area (Å²) in [5, 5.41) is 3.43. The van der Waals surface area contributed by atoms with Crippen LogP contribution in [0.4, 0.5) is 0 Å². The van der Waals surface area contributed by atoms with Crippen molar-refractivity contribution in [1.82, 2.24) is 10.2 Å². The second kappa shape index (κ2) is 55.1. The van der Waals surface area contributed by atoms with E-state index < -0.39 is 0 Å². The van der Waals surface area contributed by atoms with Gasteiger partial charge in [-0.2, -0.15) is 0 Å². The molecule has 0 aliphatic rings. The third-order valence-electron chi connectivity index (χ3n) is 15.1. The first-order valence-electron chi connectivity index (χ1n) is 31.5. The van der Waals surface area contributed by atoms with Gasteiger partial charge in [0.25, 0.3) is 0 Å². The van der Waals surface area contributed by atoms with Crippen molar-refractivity contribution in [2.24, 2.45) is 11.8 Å². The monoisotopic (exact) mass is 989 g/mol. The Labute approximate surface area is 437 Å². The zero-order valence-electron chi connectivity index (χ0n) is 48.3. The van der Waals surface area contributed by atoms with Gasteiger partial charge in [-0.05, 0) is 90.3 Å². The number of rotatable bonds is 57. The molecule has 416 valence electrons. The second-order valence-electron chi connectivity index (χ2n) is 22.5. The largest absolute Gasteiger partial charge is 0.465 e. The third kappa shape index (κ3) is 51.3. The van der Waals surface area contributed by atoms with E-state index in [2.05, 4.69) is 52.0 Å². The van der Waals surface area contributed by atoms with Gasteiger partial charge < -0.3 is 19.7 Å². The first-order chi connectivity index (χ1) is 34.2. The molecule has 0 heterocycles. The molecular weight excluding hydrogens is 865 g/mol. The van der Waals surface area contributed by atoms with Gasteiger partial charge in [0, 0.05) is 25.3 Å². The number of hydrogen-bond donors (Lipinski definition) is 1. The topological polar surface area (TPSA) is 84.9 Å². The molecule has 7 nitrogen and oxygen atoms in total. The van der Waals surface area contributed by atoms with Crippen molar-refractivity contribution in [3.05, 3.63) is 0 Å². The number of carbonyl (C=O) groups is 3. The van der Waals surface area contributed by atoms with Crippen LogP contribution in [0.2, 0.25) is 0 Å². The van der Waals surface area contributed by atoms with Gasteiger partial charge in [-0.1, -0.05) is 259 Å². The van der Waals surface area contributed by atoms with E-state index in [0.29, 0.717) is 50.4 Å². The van der Waals surface area contributed by atoms with Gasteiger partial charge in [0.05, 0.1) is 13.2 Å². The molecule has 0 spiro atoms. The van der Waals surface area contributed by atoms with E-state index in [1.165, 1.54) is 244 Å². The van der Waals surface area contributed by atoms with E-state index >= 15 is 0 Å². The van der Waals surface area contributed by atoms with Gasteiger partial charge in [0.1, 0.15) is 0 Å². The molecule has 0 aliphatic carbocycles. The molecule has 0 aromatic carbocycles. The van der Waals surface area contributed by atoms with Crippen LogP contribution in [0.5, 0.6) is 0 Å². The molecule has 0 radical (unpaired) electrons. The number of hydrogen-bond acceptors (Lipinski definition) is 6. The average molecular weight is 990 g/mol. The number of unbranched alkanes of at least 4 members (excludes halogenated alkanes) is 32. The minimum atomic E-state index is 0.0177. The van der Waals surface area contributed by atoms with Gasteiger partial charge in [0.2, 0.25) is 5.91 Å². The number of nitrogens with one attached hydrogen (secondary N) is 1. The number of carbonyl (C=O) groups excluding carboxylic acids is 3. The van der Waals surface area contributed by atoms with Crippen LogP contribution < -0.4 is 5.32 Å². The molecule has 1 amide bonds. The molecule has 70 heavy (non-hydrogen) atoms. The summed E-state index contributed by atoms with van der Waals surface area (Å²) < 4.78 is 11.6. The van der Waals surface area contributed by atoms with Crippen molar-refractivity contribution in [3.8, 4) is 0 Å². The van der Waals surface area contributed by atoms with E-state index in [9.17, 15) is 14.4 Å². The highest BCUT2D eigenvalue weighted by Crippen LogP contribution is 2.23. The highest BCUT2D eigenvalue weighted by molar-refractivity contribution is 5.76. The zero-order valence-corrected chi connectivity index (χ0v) is 48.3. The molecule has 7 heteroatoms. The molecule has 2 atom stereocenters. The predicted molar refractivity (Wildman–Crippen MR) is 304 cm³/mol. The maximum atomic E-state index is 12.9. The lowest BCUT2D eigenvalue weighted by molar-refractivity contribution is -0.146. The third-order valence-corrected chi connectivity index (χ3v) is 15.1. The van der Waals surface area contributed by atoms with E-state index in [4.69, 9.17) is 9.47 Å². The highest BCUT2D eigenvalue weighted by atomic mass is 16.5. The van der Waals surface area contributed by atoms with Crippen molar-refractivity contribution >= 4 is 17.8 Å². The number of ether oxygens (including phenoxy) is 2. The van der Waals surface area contributed by atoms with Gasteiger partial charge in [-0.3, -0.25) is 14.4 Å². The van der Waals surface area contributed by atoms with Crippen LogP contribution in [-0.2, 0) is 23.9 Å². The van der Waals surface area contributed by atoms with Crippen LogP contribution >= 0.6 is 0 Å². The molecule has 2 unspecified atom stereocenters. The fourth-order valence-electron chi connectivity index (χ4n) is 10.3. The van der Waals surface area contributed by atoms with Crippen molar-refractivity contribution in [2.75, 3.05) is 33.9 Å². The summed E-state index contributed by atoms with van der Waals surface area (Å²) >= 11 is 0. The Morgan fingerprint density at radius 1 is 0.343 bits per heavy atom. The van der Waals surface area contributed by atoms with Crippen molar-refractivity contribution in [2.45, 2.75) is 342 Å². The zero-order chi connectivity index (χ0) is 51.2. The first-order valence-corrected chi connectivity index (χ1v) is 31.5. The summed E-state index contributed by atoms with van der Waals surface area (Å²) in [5.41, 5.74) is 0. The Kier molecular flexibility index (Phi) is 53.8. The van der Waals surface area contributed by atoms with Gasteiger partial charge in [-0.15, -0.1) is 0 Å². The maximum absolute atomic E-state index is 12.9. The quantitative estimate of drug-likeness (QED) is 0.0483. The Morgan fingerprint density at radius 3 is 0.929 bits per heavy atom. The van der Waals surface area contributed by atoms with E-state index in [-0.39, 0.29) is 17.8 Å². The van der Waals surface area contributed by atoms with Crippen LogP contribution in [0.1, 0.15) is 336 Å². The maximum Gasteiger partial charge on any atom is 0.305 e. The lowest BCUT2D eigenvalue weighted by Gasteiger charge is -2.19. The highest BCUT2D eigenvalue weighted by Gasteiger charge is 2.15. The predicted octanol–water partition coefficient (Wildman–Crippen LogP) is 19.2. The first kappa shape index (κ1) is 68.4. The molecule has 0 aromatic heterocycles. The summed E-state index contributed by atoms with van der Waals surface area (Å²) in [6.07, 6.45) is 57.7. The Hall–Kier alpha value is -1.63. The molecule has 0 fully saturated rings. The smallest absolute Gasteiger partial charge is 0.305 e. The molecule has 0 aliphatic heterocycles. The van der Waals surface area contributed by atoms with Gasteiger partial charge in [-0.25, -0.2) is 0 Å². The van der Waals surface area contributed by atoms with Crippen LogP contribution in [-0.4, -0.2) is 62.6 Å². The van der Waals surface area contributed by atoms with Crippen LogP contribution in [0.15, 0.2) is 0 Å². The number of amides is 1. The summed E-state index contributed by atoms with van der Waals surface area (Å²) in [6.45, 7) is 11.3. The molecule has 0 aromatic rings. The van der Waals surface area contributed by atoms with Crippen molar-refractivity contribution < 1.29 is 23.9 Å².